The molecule has 0 radical (unpaired) electrons. The molecule has 1 amide bonds. The predicted molar refractivity (Wildman–Crippen MR) is 94.6 cm³/mol. The number of hydrogen-bond acceptors (Lipinski definition) is 2. The van der Waals surface area contributed by atoms with Gasteiger partial charge in [-0.3, -0.25) is 9.79 Å². The van der Waals surface area contributed by atoms with Gasteiger partial charge in [0.05, 0.1) is 0 Å². The third-order valence-corrected chi connectivity index (χ3v) is 2.77. The molecule has 0 heterocycles. The Morgan fingerprint density at radius 2 is 2.00 bits per heavy atom. The SMILES string of the molecule is CCNC(=NCC(C)C)NCCCC(=O)NC1CC1.I. The predicted octanol–water partition coefficient (Wildman–Crippen LogP) is 1.87. The van der Waals surface area contributed by atoms with E-state index in [-0.39, 0.29) is 29.9 Å². The van der Waals surface area contributed by atoms with E-state index < -0.39 is 0 Å². The number of carbonyl (C=O) groups excluding carboxylic acids is 1. The van der Waals surface area contributed by atoms with Gasteiger partial charge in [0, 0.05) is 32.1 Å². The highest BCUT2D eigenvalue weighted by molar-refractivity contribution is 14.0. The number of guanidine groups is 1. The average molecular weight is 396 g/mol. The molecule has 0 bridgehead atoms. The van der Waals surface area contributed by atoms with Crippen molar-refractivity contribution in [1.29, 1.82) is 0 Å². The number of nitrogens with one attached hydrogen (secondary N) is 3. The summed E-state index contributed by atoms with van der Waals surface area (Å²) in [6, 6.07) is 0.463. The highest BCUT2D eigenvalue weighted by atomic mass is 127. The van der Waals surface area contributed by atoms with Crippen molar-refractivity contribution in [2.45, 2.75) is 52.5 Å². The number of hydrogen-bond donors (Lipinski definition) is 3. The van der Waals surface area contributed by atoms with E-state index in [9.17, 15) is 4.79 Å². The largest absolute Gasteiger partial charge is 0.357 e. The fraction of sp³-hybridized carbons (Fsp3) is 0.857. The maximum Gasteiger partial charge on any atom is 0.220 e. The standard InChI is InChI=1S/C14H28N4O.HI/c1-4-15-14(17-10-11(2)3)16-9-5-6-13(19)18-12-7-8-12;/h11-12H,4-10H2,1-3H3,(H,18,19)(H2,15,16,17);1H. The Kier molecular flexibility index (Phi) is 10.9. The van der Waals surface area contributed by atoms with Gasteiger partial charge >= 0.3 is 0 Å². The first-order valence-electron chi connectivity index (χ1n) is 7.43. The van der Waals surface area contributed by atoms with Crippen molar-refractivity contribution < 1.29 is 4.79 Å². The molecule has 0 aromatic carbocycles. The van der Waals surface area contributed by atoms with Gasteiger partial charge in [-0.05, 0) is 32.1 Å². The number of rotatable bonds is 8. The zero-order valence-corrected chi connectivity index (χ0v) is 15.2. The highest BCUT2D eigenvalue weighted by Crippen LogP contribution is 2.18. The first-order chi connectivity index (χ1) is 9.11. The summed E-state index contributed by atoms with van der Waals surface area (Å²) >= 11 is 0. The molecule has 0 spiro atoms. The van der Waals surface area contributed by atoms with Crippen molar-refractivity contribution >= 4 is 35.8 Å². The van der Waals surface area contributed by atoms with Crippen molar-refractivity contribution in [3.8, 4) is 0 Å². The number of aliphatic imine (C=N–C) groups is 1. The minimum absolute atomic E-state index is 0. The van der Waals surface area contributed by atoms with E-state index in [1.165, 1.54) is 0 Å². The second-order valence-electron chi connectivity index (χ2n) is 5.49. The topological polar surface area (TPSA) is 65.5 Å². The van der Waals surface area contributed by atoms with Gasteiger partial charge in [-0.2, -0.15) is 0 Å². The van der Waals surface area contributed by atoms with E-state index in [0.717, 1.165) is 44.9 Å². The third-order valence-electron chi connectivity index (χ3n) is 2.77. The second-order valence-corrected chi connectivity index (χ2v) is 5.49. The maximum absolute atomic E-state index is 11.5. The molecule has 118 valence electrons. The summed E-state index contributed by atoms with van der Waals surface area (Å²) < 4.78 is 0. The van der Waals surface area contributed by atoms with E-state index in [2.05, 4.69) is 41.7 Å². The quantitative estimate of drug-likeness (QED) is 0.254. The molecule has 0 aromatic heterocycles. The van der Waals surface area contributed by atoms with Crippen LogP contribution >= 0.6 is 24.0 Å². The lowest BCUT2D eigenvalue weighted by Crippen LogP contribution is -2.38. The molecule has 1 aliphatic rings. The normalized spacial score (nSPS) is 14.7. The monoisotopic (exact) mass is 396 g/mol. The van der Waals surface area contributed by atoms with Gasteiger partial charge < -0.3 is 16.0 Å². The zero-order chi connectivity index (χ0) is 14.1. The molecule has 0 aliphatic heterocycles. The van der Waals surface area contributed by atoms with E-state index in [4.69, 9.17) is 0 Å². The molecule has 20 heavy (non-hydrogen) atoms. The molecule has 0 aromatic rings. The van der Waals surface area contributed by atoms with Crippen molar-refractivity contribution in [2.24, 2.45) is 10.9 Å². The molecule has 0 saturated heterocycles. The number of amides is 1. The summed E-state index contributed by atoms with van der Waals surface area (Å²) in [6.45, 7) is 8.80. The van der Waals surface area contributed by atoms with Crippen LogP contribution < -0.4 is 16.0 Å². The zero-order valence-electron chi connectivity index (χ0n) is 12.9. The molecular weight excluding hydrogens is 367 g/mol. The maximum atomic E-state index is 11.5. The Labute approximate surface area is 139 Å². The molecule has 1 aliphatic carbocycles. The summed E-state index contributed by atoms with van der Waals surface area (Å²) in [5.41, 5.74) is 0. The van der Waals surface area contributed by atoms with Gasteiger partial charge in [-0.1, -0.05) is 13.8 Å². The van der Waals surface area contributed by atoms with E-state index in [1.54, 1.807) is 0 Å². The molecule has 1 fully saturated rings. The minimum atomic E-state index is 0. The third kappa shape index (κ3) is 10.3. The lowest BCUT2D eigenvalue weighted by atomic mass is 10.2. The summed E-state index contributed by atoms with van der Waals surface area (Å²) in [4.78, 5) is 16.0. The van der Waals surface area contributed by atoms with Crippen molar-refractivity contribution in [3.05, 3.63) is 0 Å². The molecule has 3 N–H and O–H groups in total. The van der Waals surface area contributed by atoms with Crippen LogP contribution in [-0.2, 0) is 4.79 Å². The van der Waals surface area contributed by atoms with Crippen LogP contribution in [0.15, 0.2) is 4.99 Å². The molecule has 1 rings (SSSR count). The Bertz CT molecular complexity index is 304. The van der Waals surface area contributed by atoms with Gasteiger partial charge in [0.25, 0.3) is 0 Å². The number of nitrogens with zero attached hydrogens (tertiary/aromatic N) is 1. The molecule has 0 unspecified atom stereocenters. The van der Waals surface area contributed by atoms with Crippen LogP contribution in [0.25, 0.3) is 0 Å². The summed E-state index contributed by atoms with van der Waals surface area (Å²) in [5, 5.41) is 9.46. The molecule has 5 nitrogen and oxygen atoms in total. The fourth-order valence-corrected chi connectivity index (χ4v) is 1.60. The van der Waals surface area contributed by atoms with E-state index in [1.807, 2.05) is 0 Å². The van der Waals surface area contributed by atoms with Gasteiger partial charge in [-0.25, -0.2) is 0 Å². The molecule has 0 atom stereocenters. The summed E-state index contributed by atoms with van der Waals surface area (Å²) in [6.07, 6.45) is 3.73. The van der Waals surface area contributed by atoms with E-state index >= 15 is 0 Å². The number of halogens is 1. The minimum Gasteiger partial charge on any atom is -0.357 e. The molecule has 1 saturated carbocycles. The van der Waals surface area contributed by atoms with Gasteiger partial charge in [0.1, 0.15) is 0 Å². The van der Waals surface area contributed by atoms with Gasteiger partial charge in [0.15, 0.2) is 5.96 Å². The first kappa shape index (κ1) is 19.5. The molecule has 6 heteroatoms. The van der Waals surface area contributed by atoms with Crippen molar-refractivity contribution in [2.75, 3.05) is 19.6 Å². The Morgan fingerprint density at radius 3 is 2.55 bits per heavy atom. The van der Waals surface area contributed by atoms with E-state index in [0.29, 0.717) is 18.4 Å². The van der Waals surface area contributed by atoms with Gasteiger partial charge in [0.2, 0.25) is 5.91 Å². The molecular formula is C14H29IN4O. The Balaban J connectivity index is 0.00000361. The Hall–Kier alpha value is -0.530. The van der Waals surface area contributed by atoms with Crippen LogP contribution in [0.2, 0.25) is 0 Å². The van der Waals surface area contributed by atoms with Crippen LogP contribution in [0.1, 0.15) is 46.5 Å². The van der Waals surface area contributed by atoms with Crippen molar-refractivity contribution in [1.82, 2.24) is 16.0 Å². The lowest BCUT2D eigenvalue weighted by molar-refractivity contribution is -0.121. The van der Waals surface area contributed by atoms with Crippen LogP contribution in [0, 0.1) is 5.92 Å². The first-order valence-corrected chi connectivity index (χ1v) is 7.43. The smallest absolute Gasteiger partial charge is 0.220 e. The highest BCUT2D eigenvalue weighted by Gasteiger charge is 2.22. The van der Waals surface area contributed by atoms with Crippen LogP contribution in [-0.4, -0.2) is 37.5 Å². The summed E-state index contributed by atoms with van der Waals surface area (Å²) in [5.74, 6) is 1.58. The van der Waals surface area contributed by atoms with Crippen LogP contribution in [0.5, 0.6) is 0 Å². The van der Waals surface area contributed by atoms with Crippen LogP contribution in [0.4, 0.5) is 0 Å². The lowest BCUT2D eigenvalue weighted by Gasteiger charge is -2.11. The Morgan fingerprint density at radius 1 is 1.30 bits per heavy atom. The van der Waals surface area contributed by atoms with Crippen molar-refractivity contribution in [3.63, 3.8) is 0 Å². The number of carbonyl (C=O) groups is 1. The second kappa shape index (κ2) is 11.2. The average Bonchev–Trinajstić information content (AvgIpc) is 3.15. The summed E-state index contributed by atoms with van der Waals surface area (Å²) in [7, 11) is 0. The van der Waals surface area contributed by atoms with Gasteiger partial charge in [-0.15, -0.1) is 24.0 Å². The van der Waals surface area contributed by atoms with Crippen LogP contribution in [0.3, 0.4) is 0 Å². The fourth-order valence-electron chi connectivity index (χ4n) is 1.60.